The fourth-order valence-electron chi connectivity index (χ4n) is 2.21. The van der Waals surface area contributed by atoms with Crippen molar-refractivity contribution in [3.8, 4) is 5.69 Å². The molecule has 0 aliphatic rings. The first-order valence-electron chi connectivity index (χ1n) is 7.54. The number of hydrogen-bond donors (Lipinski definition) is 1. The summed E-state index contributed by atoms with van der Waals surface area (Å²) in [5.41, 5.74) is 2.04. The van der Waals surface area contributed by atoms with Crippen molar-refractivity contribution in [2.75, 3.05) is 5.32 Å². The first-order valence-corrected chi connectivity index (χ1v) is 8.33. The highest BCUT2D eigenvalue weighted by atomic mass is 79.9. The summed E-state index contributed by atoms with van der Waals surface area (Å²) in [6.45, 7) is 0. The molecule has 0 atom stereocenters. The molecule has 25 heavy (non-hydrogen) atoms. The van der Waals surface area contributed by atoms with E-state index in [0.717, 1.165) is 10.2 Å². The van der Waals surface area contributed by atoms with E-state index in [0.29, 0.717) is 11.3 Å². The molecule has 1 aromatic heterocycles. The van der Waals surface area contributed by atoms with E-state index in [1.807, 2.05) is 0 Å². The second-order valence-electron chi connectivity index (χ2n) is 5.28. The third-order valence-electron chi connectivity index (χ3n) is 3.51. The Morgan fingerprint density at radius 3 is 2.36 bits per heavy atom. The number of hydrogen-bond acceptors (Lipinski definition) is 5. The fourth-order valence-corrected chi connectivity index (χ4v) is 2.47. The number of anilines is 1. The van der Waals surface area contributed by atoms with Crippen LogP contribution < -0.4 is 5.32 Å². The predicted octanol–water partition coefficient (Wildman–Crippen LogP) is 3.03. The highest BCUT2D eigenvalue weighted by Crippen LogP contribution is 2.14. The second kappa shape index (κ2) is 7.80. The molecular weight excluding hydrogens is 386 g/mol. The molecule has 0 saturated carbocycles. The average molecular weight is 400 g/mol. The Labute approximate surface area is 152 Å². The Bertz CT molecular complexity index is 861. The van der Waals surface area contributed by atoms with Crippen LogP contribution in [0.5, 0.6) is 0 Å². The summed E-state index contributed by atoms with van der Waals surface area (Å²) < 4.78 is 2.43. The van der Waals surface area contributed by atoms with Gasteiger partial charge in [0.1, 0.15) is 6.33 Å². The van der Waals surface area contributed by atoms with Gasteiger partial charge >= 0.3 is 0 Å². The molecule has 0 spiro atoms. The molecule has 126 valence electrons. The minimum Gasteiger partial charge on any atom is -0.326 e. The van der Waals surface area contributed by atoms with Crippen molar-refractivity contribution in [3.63, 3.8) is 0 Å². The van der Waals surface area contributed by atoms with E-state index in [4.69, 9.17) is 0 Å². The predicted molar refractivity (Wildman–Crippen MR) is 95.5 cm³/mol. The van der Waals surface area contributed by atoms with Gasteiger partial charge in [0, 0.05) is 28.6 Å². The molecule has 0 fully saturated rings. The van der Waals surface area contributed by atoms with Crippen molar-refractivity contribution in [2.45, 2.75) is 12.8 Å². The Kier molecular flexibility index (Phi) is 5.30. The number of halogens is 1. The zero-order chi connectivity index (χ0) is 17.6. The number of nitrogens with zero attached hydrogens (tertiary/aromatic N) is 4. The van der Waals surface area contributed by atoms with Crippen LogP contribution in [0.2, 0.25) is 0 Å². The molecule has 1 amide bonds. The minimum atomic E-state index is -0.208. The molecule has 1 N–H and O–H groups in total. The third-order valence-corrected chi connectivity index (χ3v) is 4.04. The third kappa shape index (κ3) is 4.57. The lowest BCUT2D eigenvalue weighted by Crippen LogP contribution is -2.13. The monoisotopic (exact) mass is 399 g/mol. The van der Waals surface area contributed by atoms with E-state index < -0.39 is 0 Å². The van der Waals surface area contributed by atoms with Crippen LogP contribution in [0, 0.1) is 0 Å². The zero-order valence-corrected chi connectivity index (χ0v) is 14.7. The van der Waals surface area contributed by atoms with E-state index in [1.165, 1.54) is 11.0 Å². The van der Waals surface area contributed by atoms with Crippen LogP contribution in [-0.2, 0) is 4.79 Å². The lowest BCUT2D eigenvalue weighted by molar-refractivity contribution is -0.116. The van der Waals surface area contributed by atoms with E-state index >= 15 is 0 Å². The summed E-state index contributed by atoms with van der Waals surface area (Å²) in [5, 5.41) is 13.7. The Hall–Kier alpha value is -2.87. The van der Waals surface area contributed by atoms with Crippen LogP contribution in [-0.4, -0.2) is 31.9 Å². The van der Waals surface area contributed by atoms with Gasteiger partial charge in [-0.15, -0.1) is 5.10 Å². The maximum absolute atomic E-state index is 12.1. The van der Waals surface area contributed by atoms with Crippen molar-refractivity contribution in [1.29, 1.82) is 0 Å². The standard InChI is InChI=1S/C17H14BrN5O2/c18-13-3-1-12(2-4-13)16(24)9-10-17(25)20-14-5-7-15(8-6-14)23-11-19-21-22-23/h1-8,11H,9-10H2,(H,20,25). The molecule has 0 radical (unpaired) electrons. The molecule has 8 heteroatoms. The molecule has 0 aliphatic heterocycles. The molecule has 0 aliphatic carbocycles. The molecule has 3 rings (SSSR count). The van der Waals surface area contributed by atoms with Crippen LogP contribution in [0.1, 0.15) is 23.2 Å². The second-order valence-corrected chi connectivity index (χ2v) is 6.20. The molecule has 7 nitrogen and oxygen atoms in total. The normalized spacial score (nSPS) is 10.4. The van der Waals surface area contributed by atoms with Gasteiger partial charge in [-0.3, -0.25) is 9.59 Å². The van der Waals surface area contributed by atoms with Gasteiger partial charge in [-0.05, 0) is 46.8 Å². The quantitative estimate of drug-likeness (QED) is 0.643. The lowest BCUT2D eigenvalue weighted by atomic mass is 10.1. The first-order chi connectivity index (χ1) is 12.1. The van der Waals surface area contributed by atoms with Gasteiger partial charge in [-0.25, -0.2) is 4.68 Å². The molecule has 3 aromatic rings. The van der Waals surface area contributed by atoms with Gasteiger partial charge in [0.15, 0.2) is 5.78 Å². The minimum absolute atomic E-state index is 0.0586. The average Bonchev–Trinajstić information content (AvgIpc) is 3.15. The number of carbonyl (C=O) groups excluding carboxylic acids is 2. The van der Waals surface area contributed by atoms with Gasteiger partial charge in [-0.2, -0.15) is 0 Å². The van der Waals surface area contributed by atoms with Gasteiger partial charge in [0.25, 0.3) is 0 Å². The Morgan fingerprint density at radius 1 is 1.00 bits per heavy atom. The largest absolute Gasteiger partial charge is 0.326 e. The van der Waals surface area contributed by atoms with Crippen molar-refractivity contribution in [3.05, 3.63) is 64.9 Å². The molecule has 1 heterocycles. The highest BCUT2D eigenvalue weighted by molar-refractivity contribution is 9.10. The number of amides is 1. The maximum atomic E-state index is 12.1. The summed E-state index contributed by atoms with van der Waals surface area (Å²) >= 11 is 3.32. The smallest absolute Gasteiger partial charge is 0.224 e. The highest BCUT2D eigenvalue weighted by Gasteiger charge is 2.10. The van der Waals surface area contributed by atoms with Crippen LogP contribution in [0.15, 0.2) is 59.3 Å². The number of benzene rings is 2. The number of ketones is 1. The van der Waals surface area contributed by atoms with Gasteiger partial charge < -0.3 is 5.32 Å². The van der Waals surface area contributed by atoms with E-state index in [2.05, 4.69) is 36.8 Å². The van der Waals surface area contributed by atoms with Crippen molar-refractivity contribution in [2.24, 2.45) is 0 Å². The number of carbonyl (C=O) groups is 2. The molecule has 0 unspecified atom stereocenters. The fraction of sp³-hybridized carbons (Fsp3) is 0.118. The number of nitrogens with one attached hydrogen (secondary N) is 1. The van der Waals surface area contributed by atoms with Crippen LogP contribution in [0.25, 0.3) is 5.69 Å². The summed E-state index contributed by atoms with van der Waals surface area (Å²) in [5.74, 6) is -0.266. The summed E-state index contributed by atoms with van der Waals surface area (Å²) in [7, 11) is 0. The Balaban J connectivity index is 1.52. The van der Waals surface area contributed by atoms with Gasteiger partial charge in [-0.1, -0.05) is 28.1 Å². The maximum Gasteiger partial charge on any atom is 0.224 e. The molecular formula is C17H14BrN5O2. The lowest BCUT2D eigenvalue weighted by Gasteiger charge is -2.06. The SMILES string of the molecule is O=C(CCC(=O)c1ccc(Br)cc1)Nc1ccc(-n2cnnn2)cc1. The molecule has 0 bridgehead atoms. The topological polar surface area (TPSA) is 89.8 Å². The van der Waals surface area contributed by atoms with Gasteiger partial charge in [0.2, 0.25) is 5.91 Å². The summed E-state index contributed by atoms with van der Waals surface area (Å²) in [6.07, 6.45) is 1.78. The zero-order valence-electron chi connectivity index (χ0n) is 13.1. The Morgan fingerprint density at radius 2 is 1.72 bits per heavy atom. The van der Waals surface area contributed by atoms with E-state index in [9.17, 15) is 9.59 Å². The number of Topliss-reactive ketones (excluding diaryl/α,β-unsaturated/α-hetero) is 1. The van der Waals surface area contributed by atoms with E-state index in [-0.39, 0.29) is 24.5 Å². The van der Waals surface area contributed by atoms with Crippen LogP contribution in [0.4, 0.5) is 5.69 Å². The summed E-state index contributed by atoms with van der Waals surface area (Å²) in [4.78, 5) is 24.1. The van der Waals surface area contributed by atoms with Gasteiger partial charge in [0.05, 0.1) is 5.69 Å². The number of rotatable bonds is 6. The first kappa shape index (κ1) is 17.0. The number of aromatic nitrogens is 4. The van der Waals surface area contributed by atoms with Crippen LogP contribution in [0.3, 0.4) is 0 Å². The number of tetrazole rings is 1. The van der Waals surface area contributed by atoms with Crippen molar-refractivity contribution in [1.82, 2.24) is 20.2 Å². The van der Waals surface area contributed by atoms with E-state index in [1.54, 1.807) is 48.5 Å². The molecule has 2 aromatic carbocycles. The van der Waals surface area contributed by atoms with Crippen molar-refractivity contribution >= 4 is 33.3 Å². The van der Waals surface area contributed by atoms with Crippen molar-refractivity contribution < 1.29 is 9.59 Å². The van der Waals surface area contributed by atoms with Crippen LogP contribution >= 0.6 is 15.9 Å². The summed E-state index contributed by atoms with van der Waals surface area (Å²) in [6, 6.07) is 14.2. The molecule has 0 saturated heterocycles.